The molecular formula is C16H22FNO. The number of rotatable bonds is 4. The van der Waals surface area contributed by atoms with Gasteiger partial charge in [-0.15, -0.1) is 0 Å². The molecule has 2 aromatic rings. The van der Waals surface area contributed by atoms with Gasteiger partial charge in [-0.3, -0.25) is 0 Å². The van der Waals surface area contributed by atoms with E-state index in [4.69, 9.17) is 4.42 Å². The van der Waals surface area contributed by atoms with Crippen LogP contribution in [0.5, 0.6) is 0 Å². The Bertz CT molecular complexity index is 553. The SMILES string of the molecule is CC(CNC(C)(C)C)Cc1cc2cccc(F)c2o1. The van der Waals surface area contributed by atoms with E-state index in [1.54, 1.807) is 6.07 Å². The second-order valence-electron chi connectivity index (χ2n) is 6.31. The Hall–Kier alpha value is -1.35. The minimum Gasteiger partial charge on any atom is -0.458 e. The lowest BCUT2D eigenvalue weighted by atomic mass is 10.0. The van der Waals surface area contributed by atoms with Crippen LogP contribution in [0.25, 0.3) is 11.0 Å². The number of fused-ring (bicyclic) bond motifs is 1. The zero-order valence-electron chi connectivity index (χ0n) is 12.1. The van der Waals surface area contributed by atoms with Crippen LogP contribution in [-0.2, 0) is 6.42 Å². The van der Waals surface area contributed by atoms with Gasteiger partial charge in [0.15, 0.2) is 11.4 Å². The molecule has 0 bridgehead atoms. The highest BCUT2D eigenvalue weighted by Crippen LogP contribution is 2.23. The number of hydrogen-bond donors (Lipinski definition) is 1. The summed E-state index contributed by atoms with van der Waals surface area (Å²) in [4.78, 5) is 0. The highest BCUT2D eigenvalue weighted by atomic mass is 19.1. The van der Waals surface area contributed by atoms with Crippen molar-refractivity contribution in [3.05, 3.63) is 35.8 Å². The van der Waals surface area contributed by atoms with Gasteiger partial charge >= 0.3 is 0 Å². The van der Waals surface area contributed by atoms with Crippen molar-refractivity contribution in [2.24, 2.45) is 5.92 Å². The Labute approximate surface area is 114 Å². The van der Waals surface area contributed by atoms with Crippen LogP contribution >= 0.6 is 0 Å². The molecule has 104 valence electrons. The summed E-state index contributed by atoms with van der Waals surface area (Å²) < 4.78 is 19.1. The van der Waals surface area contributed by atoms with Gasteiger partial charge in [-0.1, -0.05) is 19.1 Å². The molecular weight excluding hydrogens is 241 g/mol. The predicted molar refractivity (Wildman–Crippen MR) is 76.8 cm³/mol. The van der Waals surface area contributed by atoms with E-state index >= 15 is 0 Å². The summed E-state index contributed by atoms with van der Waals surface area (Å²) in [5.41, 5.74) is 0.488. The summed E-state index contributed by atoms with van der Waals surface area (Å²) in [7, 11) is 0. The molecule has 1 aromatic carbocycles. The fourth-order valence-corrected chi connectivity index (χ4v) is 2.08. The number of para-hydroxylation sites is 1. The van der Waals surface area contributed by atoms with E-state index in [0.717, 1.165) is 24.1 Å². The lowest BCUT2D eigenvalue weighted by Gasteiger charge is -2.23. The lowest BCUT2D eigenvalue weighted by Crippen LogP contribution is -2.38. The minimum absolute atomic E-state index is 0.119. The fraction of sp³-hybridized carbons (Fsp3) is 0.500. The van der Waals surface area contributed by atoms with Crippen LogP contribution in [0.2, 0.25) is 0 Å². The molecule has 2 rings (SSSR count). The van der Waals surface area contributed by atoms with Crippen LogP contribution in [0.15, 0.2) is 28.7 Å². The summed E-state index contributed by atoms with van der Waals surface area (Å²) in [6.45, 7) is 9.54. The Kier molecular flexibility index (Phi) is 3.95. The molecule has 0 spiro atoms. The van der Waals surface area contributed by atoms with Gasteiger partial charge in [0.2, 0.25) is 0 Å². The van der Waals surface area contributed by atoms with E-state index in [1.807, 2.05) is 12.1 Å². The average Bonchev–Trinajstić information content (AvgIpc) is 2.69. The van der Waals surface area contributed by atoms with Crippen molar-refractivity contribution >= 4 is 11.0 Å². The van der Waals surface area contributed by atoms with Gasteiger partial charge in [0.05, 0.1) is 0 Å². The molecule has 0 aliphatic carbocycles. The maximum atomic E-state index is 13.5. The highest BCUT2D eigenvalue weighted by Gasteiger charge is 2.14. The number of nitrogens with one attached hydrogen (secondary N) is 1. The Balaban J connectivity index is 2.03. The third-order valence-corrected chi connectivity index (χ3v) is 3.08. The third kappa shape index (κ3) is 3.80. The number of benzene rings is 1. The van der Waals surface area contributed by atoms with Crippen LogP contribution in [0, 0.1) is 11.7 Å². The summed E-state index contributed by atoms with van der Waals surface area (Å²) in [6, 6.07) is 6.96. The van der Waals surface area contributed by atoms with Crippen molar-refractivity contribution in [3.8, 4) is 0 Å². The minimum atomic E-state index is -0.288. The molecule has 1 aromatic heterocycles. The topological polar surface area (TPSA) is 25.2 Å². The molecule has 1 atom stereocenters. The van der Waals surface area contributed by atoms with E-state index in [0.29, 0.717) is 11.5 Å². The van der Waals surface area contributed by atoms with Crippen LogP contribution in [-0.4, -0.2) is 12.1 Å². The average molecular weight is 263 g/mol. The maximum Gasteiger partial charge on any atom is 0.169 e. The third-order valence-electron chi connectivity index (χ3n) is 3.08. The molecule has 3 heteroatoms. The summed E-state index contributed by atoms with van der Waals surface area (Å²) in [5, 5.41) is 4.31. The Morgan fingerprint density at radius 3 is 2.68 bits per heavy atom. The van der Waals surface area contributed by atoms with Crippen LogP contribution in [0.3, 0.4) is 0 Å². The summed E-state index contributed by atoms with van der Waals surface area (Å²) >= 11 is 0. The van der Waals surface area contributed by atoms with E-state index in [9.17, 15) is 4.39 Å². The van der Waals surface area contributed by atoms with Crippen LogP contribution < -0.4 is 5.32 Å². The first-order chi connectivity index (χ1) is 8.85. The Morgan fingerprint density at radius 2 is 2.05 bits per heavy atom. The van der Waals surface area contributed by atoms with Crippen molar-refractivity contribution in [1.82, 2.24) is 5.32 Å². The number of hydrogen-bond acceptors (Lipinski definition) is 2. The molecule has 1 heterocycles. The van der Waals surface area contributed by atoms with E-state index in [-0.39, 0.29) is 11.4 Å². The van der Waals surface area contributed by atoms with Gasteiger partial charge < -0.3 is 9.73 Å². The lowest BCUT2D eigenvalue weighted by molar-refractivity contribution is 0.369. The van der Waals surface area contributed by atoms with Crippen molar-refractivity contribution in [2.75, 3.05) is 6.54 Å². The Morgan fingerprint density at radius 1 is 1.32 bits per heavy atom. The molecule has 0 amide bonds. The van der Waals surface area contributed by atoms with Gasteiger partial charge in [-0.05, 0) is 45.4 Å². The van der Waals surface area contributed by atoms with Crippen molar-refractivity contribution in [2.45, 2.75) is 39.7 Å². The molecule has 1 N–H and O–H groups in total. The quantitative estimate of drug-likeness (QED) is 0.897. The smallest absolute Gasteiger partial charge is 0.169 e. The normalized spacial score (nSPS) is 13.9. The van der Waals surface area contributed by atoms with Crippen LogP contribution in [0.1, 0.15) is 33.5 Å². The molecule has 0 fully saturated rings. The van der Waals surface area contributed by atoms with E-state index in [2.05, 4.69) is 33.0 Å². The molecule has 0 radical (unpaired) electrons. The highest BCUT2D eigenvalue weighted by molar-refractivity contribution is 5.78. The van der Waals surface area contributed by atoms with Crippen molar-refractivity contribution in [3.63, 3.8) is 0 Å². The van der Waals surface area contributed by atoms with Gasteiger partial charge in [0.1, 0.15) is 5.76 Å². The molecule has 0 saturated carbocycles. The van der Waals surface area contributed by atoms with Gasteiger partial charge in [0, 0.05) is 17.3 Å². The first-order valence-electron chi connectivity index (χ1n) is 6.77. The second kappa shape index (κ2) is 5.33. The van der Waals surface area contributed by atoms with Gasteiger partial charge in [0.25, 0.3) is 0 Å². The summed E-state index contributed by atoms with van der Waals surface area (Å²) in [6.07, 6.45) is 0.817. The zero-order chi connectivity index (χ0) is 14.0. The number of furan rings is 1. The number of halogens is 1. The second-order valence-corrected chi connectivity index (χ2v) is 6.31. The summed E-state index contributed by atoms with van der Waals surface area (Å²) in [5.74, 6) is 1.01. The largest absolute Gasteiger partial charge is 0.458 e. The molecule has 0 aliphatic heterocycles. The first kappa shape index (κ1) is 14.1. The molecule has 1 unspecified atom stereocenters. The molecule has 0 aliphatic rings. The first-order valence-corrected chi connectivity index (χ1v) is 6.77. The van der Waals surface area contributed by atoms with Crippen molar-refractivity contribution < 1.29 is 8.81 Å². The molecule has 2 nitrogen and oxygen atoms in total. The maximum absolute atomic E-state index is 13.5. The van der Waals surface area contributed by atoms with Gasteiger partial charge in [-0.2, -0.15) is 0 Å². The monoisotopic (exact) mass is 263 g/mol. The van der Waals surface area contributed by atoms with E-state index < -0.39 is 0 Å². The fourth-order valence-electron chi connectivity index (χ4n) is 2.08. The standard InChI is InChI=1S/C16H22FNO/c1-11(10-18-16(2,3)4)8-13-9-12-6-5-7-14(17)15(12)19-13/h5-7,9,11,18H,8,10H2,1-4H3. The van der Waals surface area contributed by atoms with E-state index in [1.165, 1.54) is 6.07 Å². The van der Waals surface area contributed by atoms with Crippen LogP contribution in [0.4, 0.5) is 4.39 Å². The molecule has 19 heavy (non-hydrogen) atoms. The van der Waals surface area contributed by atoms with Crippen molar-refractivity contribution in [1.29, 1.82) is 0 Å². The molecule has 0 saturated heterocycles. The zero-order valence-corrected chi connectivity index (χ0v) is 12.1. The van der Waals surface area contributed by atoms with Gasteiger partial charge in [-0.25, -0.2) is 4.39 Å². The predicted octanol–water partition coefficient (Wildman–Crippen LogP) is 4.14.